The molecule has 1 saturated heterocycles. The van der Waals surface area contributed by atoms with Crippen molar-refractivity contribution in [3.63, 3.8) is 0 Å². The molecule has 0 aromatic rings. The van der Waals surface area contributed by atoms with E-state index in [1.807, 2.05) is 0 Å². The highest BCUT2D eigenvalue weighted by atomic mass is 16.7. The van der Waals surface area contributed by atoms with Gasteiger partial charge in [0.15, 0.2) is 5.79 Å². The van der Waals surface area contributed by atoms with Gasteiger partial charge in [0.05, 0.1) is 25.4 Å². The van der Waals surface area contributed by atoms with Gasteiger partial charge in [-0.1, -0.05) is 13.8 Å². The summed E-state index contributed by atoms with van der Waals surface area (Å²) in [7, 11) is 0. The normalized spacial score (nSPS) is 31.3. The lowest BCUT2D eigenvalue weighted by Crippen LogP contribution is -2.46. The Morgan fingerprint density at radius 2 is 2.06 bits per heavy atom. The lowest BCUT2D eigenvalue weighted by Gasteiger charge is -2.38. The fourth-order valence-corrected chi connectivity index (χ4v) is 2.75. The van der Waals surface area contributed by atoms with Crippen LogP contribution in [0.4, 0.5) is 0 Å². The van der Waals surface area contributed by atoms with Crippen LogP contribution in [-0.2, 0) is 14.2 Å². The molecule has 18 heavy (non-hydrogen) atoms. The van der Waals surface area contributed by atoms with Gasteiger partial charge in [0.2, 0.25) is 0 Å². The summed E-state index contributed by atoms with van der Waals surface area (Å²) in [6.07, 6.45) is 3.85. The van der Waals surface area contributed by atoms with Crippen LogP contribution < -0.4 is 0 Å². The molecule has 1 aliphatic carbocycles. The Kier molecular flexibility index (Phi) is 5.01. The molecule has 0 aromatic carbocycles. The van der Waals surface area contributed by atoms with E-state index < -0.39 is 5.79 Å². The topological polar surface area (TPSA) is 47.9 Å². The van der Waals surface area contributed by atoms with Crippen LogP contribution in [0.25, 0.3) is 0 Å². The van der Waals surface area contributed by atoms with Crippen LogP contribution in [0.3, 0.4) is 0 Å². The van der Waals surface area contributed by atoms with Crippen LogP contribution in [0, 0.1) is 5.92 Å². The van der Waals surface area contributed by atoms with E-state index >= 15 is 0 Å². The second-order valence-electron chi connectivity index (χ2n) is 5.86. The number of rotatable bonds is 5. The van der Waals surface area contributed by atoms with Crippen molar-refractivity contribution in [1.29, 1.82) is 0 Å². The standard InChI is InChI=1S/C14H26O4/c1-11(2)4-3-7-16-13-10-14(6-5-12(13)15)17-8-9-18-14/h11-13,15H,3-10H2,1-2H3. The molecule has 1 saturated carbocycles. The maximum Gasteiger partial charge on any atom is 0.171 e. The molecule has 4 nitrogen and oxygen atoms in total. The highest BCUT2D eigenvalue weighted by Crippen LogP contribution is 2.37. The smallest absolute Gasteiger partial charge is 0.171 e. The van der Waals surface area contributed by atoms with Crippen molar-refractivity contribution in [3.05, 3.63) is 0 Å². The Morgan fingerprint density at radius 3 is 2.72 bits per heavy atom. The van der Waals surface area contributed by atoms with Crippen LogP contribution in [0.15, 0.2) is 0 Å². The van der Waals surface area contributed by atoms with E-state index in [0.717, 1.165) is 19.4 Å². The first-order valence-electron chi connectivity index (χ1n) is 7.19. The molecular formula is C14H26O4. The third kappa shape index (κ3) is 3.67. The van der Waals surface area contributed by atoms with Crippen LogP contribution >= 0.6 is 0 Å². The predicted octanol–water partition coefficient (Wildman–Crippen LogP) is 2.10. The van der Waals surface area contributed by atoms with E-state index in [0.29, 0.717) is 32.0 Å². The van der Waals surface area contributed by atoms with Crippen molar-refractivity contribution in [2.24, 2.45) is 5.92 Å². The zero-order valence-electron chi connectivity index (χ0n) is 11.6. The molecule has 1 heterocycles. The highest BCUT2D eigenvalue weighted by Gasteiger charge is 2.45. The predicted molar refractivity (Wildman–Crippen MR) is 68.3 cm³/mol. The Bertz CT molecular complexity index is 248. The lowest BCUT2D eigenvalue weighted by atomic mass is 9.89. The summed E-state index contributed by atoms with van der Waals surface area (Å²) in [6, 6.07) is 0. The molecule has 1 N–H and O–H groups in total. The minimum atomic E-state index is -0.470. The van der Waals surface area contributed by atoms with E-state index in [2.05, 4.69) is 13.8 Å². The maximum atomic E-state index is 9.99. The number of aliphatic hydroxyl groups is 1. The van der Waals surface area contributed by atoms with E-state index in [1.54, 1.807) is 0 Å². The van der Waals surface area contributed by atoms with Gasteiger partial charge in [0, 0.05) is 19.4 Å². The Hall–Kier alpha value is -0.160. The first-order valence-corrected chi connectivity index (χ1v) is 7.19. The summed E-state index contributed by atoms with van der Waals surface area (Å²) >= 11 is 0. The molecule has 106 valence electrons. The zero-order valence-corrected chi connectivity index (χ0v) is 11.6. The Labute approximate surface area is 110 Å². The van der Waals surface area contributed by atoms with E-state index in [4.69, 9.17) is 14.2 Å². The van der Waals surface area contributed by atoms with Crippen molar-refractivity contribution < 1.29 is 19.3 Å². The quantitative estimate of drug-likeness (QED) is 0.767. The number of hydrogen-bond donors (Lipinski definition) is 1. The average molecular weight is 258 g/mol. The monoisotopic (exact) mass is 258 g/mol. The van der Waals surface area contributed by atoms with Crippen molar-refractivity contribution in [3.8, 4) is 0 Å². The fraction of sp³-hybridized carbons (Fsp3) is 1.00. The molecular weight excluding hydrogens is 232 g/mol. The summed E-state index contributed by atoms with van der Waals surface area (Å²) in [5.41, 5.74) is 0. The maximum absolute atomic E-state index is 9.99. The van der Waals surface area contributed by atoms with Crippen molar-refractivity contribution in [1.82, 2.24) is 0 Å². The Balaban J connectivity index is 1.75. The van der Waals surface area contributed by atoms with Gasteiger partial charge in [-0.2, -0.15) is 0 Å². The first kappa shape index (κ1) is 14.3. The van der Waals surface area contributed by atoms with E-state index in [-0.39, 0.29) is 12.2 Å². The summed E-state index contributed by atoms with van der Waals surface area (Å²) < 4.78 is 17.2. The molecule has 0 radical (unpaired) electrons. The van der Waals surface area contributed by atoms with Crippen molar-refractivity contribution in [2.75, 3.05) is 19.8 Å². The van der Waals surface area contributed by atoms with Gasteiger partial charge in [-0.15, -0.1) is 0 Å². The van der Waals surface area contributed by atoms with Gasteiger partial charge in [0.25, 0.3) is 0 Å². The first-order chi connectivity index (χ1) is 8.61. The van der Waals surface area contributed by atoms with Gasteiger partial charge >= 0.3 is 0 Å². The SMILES string of the molecule is CC(C)CCCOC1CC2(CCC1O)OCCO2. The Morgan fingerprint density at radius 1 is 1.33 bits per heavy atom. The van der Waals surface area contributed by atoms with Crippen LogP contribution in [-0.4, -0.2) is 42.9 Å². The third-order valence-corrected chi connectivity index (χ3v) is 3.83. The van der Waals surface area contributed by atoms with Crippen LogP contribution in [0.1, 0.15) is 46.0 Å². The summed E-state index contributed by atoms with van der Waals surface area (Å²) in [5, 5.41) is 9.99. The molecule has 1 aliphatic heterocycles. The number of ether oxygens (including phenoxy) is 3. The van der Waals surface area contributed by atoms with E-state index in [1.165, 1.54) is 6.42 Å². The summed E-state index contributed by atoms with van der Waals surface area (Å²) in [5.74, 6) is 0.236. The van der Waals surface area contributed by atoms with Crippen LogP contribution in [0.5, 0.6) is 0 Å². The van der Waals surface area contributed by atoms with Gasteiger partial charge in [-0.25, -0.2) is 0 Å². The molecule has 1 spiro atoms. The number of hydrogen-bond acceptors (Lipinski definition) is 4. The highest BCUT2D eigenvalue weighted by molar-refractivity contribution is 4.88. The second kappa shape index (κ2) is 6.33. The second-order valence-corrected chi connectivity index (χ2v) is 5.86. The van der Waals surface area contributed by atoms with E-state index in [9.17, 15) is 5.11 Å². The summed E-state index contributed by atoms with van der Waals surface area (Å²) in [4.78, 5) is 0. The minimum absolute atomic E-state index is 0.135. The van der Waals surface area contributed by atoms with Crippen LogP contribution in [0.2, 0.25) is 0 Å². The molecule has 4 heteroatoms. The molecule has 2 fully saturated rings. The van der Waals surface area contributed by atoms with Gasteiger partial charge in [-0.3, -0.25) is 0 Å². The molecule has 0 bridgehead atoms. The van der Waals surface area contributed by atoms with Crippen molar-refractivity contribution >= 4 is 0 Å². The molecule has 0 amide bonds. The molecule has 2 atom stereocenters. The average Bonchev–Trinajstić information content (AvgIpc) is 2.77. The largest absolute Gasteiger partial charge is 0.390 e. The number of aliphatic hydroxyl groups excluding tert-OH is 1. The summed E-state index contributed by atoms with van der Waals surface area (Å²) in [6.45, 7) is 6.47. The zero-order chi connectivity index (χ0) is 13.0. The molecule has 2 aliphatic rings. The third-order valence-electron chi connectivity index (χ3n) is 3.83. The van der Waals surface area contributed by atoms with Gasteiger partial charge in [0.1, 0.15) is 0 Å². The minimum Gasteiger partial charge on any atom is -0.390 e. The molecule has 0 aromatic heterocycles. The van der Waals surface area contributed by atoms with Crippen molar-refractivity contribution in [2.45, 2.75) is 63.9 Å². The van der Waals surface area contributed by atoms with Gasteiger partial charge in [-0.05, 0) is 25.2 Å². The molecule has 2 unspecified atom stereocenters. The van der Waals surface area contributed by atoms with Gasteiger partial charge < -0.3 is 19.3 Å². The molecule has 2 rings (SSSR count). The fourth-order valence-electron chi connectivity index (χ4n) is 2.75. The lowest BCUT2D eigenvalue weighted by molar-refractivity contribution is -0.221.